The summed E-state index contributed by atoms with van der Waals surface area (Å²) in [5, 5.41) is 15.5. The fraction of sp³-hybridized carbons (Fsp3) is 0.235. The van der Waals surface area contributed by atoms with Crippen LogP contribution in [0.1, 0.15) is 16.9 Å². The van der Waals surface area contributed by atoms with Gasteiger partial charge < -0.3 is 5.11 Å². The molecule has 0 saturated heterocycles. The summed E-state index contributed by atoms with van der Waals surface area (Å²) in [6.45, 7) is 4.24. The van der Waals surface area contributed by atoms with Crippen LogP contribution in [0.25, 0.3) is 0 Å². The monoisotopic (exact) mass is 371 g/mol. The van der Waals surface area contributed by atoms with Crippen LogP contribution >= 0.6 is 35.3 Å². The summed E-state index contributed by atoms with van der Waals surface area (Å²) in [7, 11) is 0. The number of hydrogen-bond acceptors (Lipinski definition) is 3. The van der Waals surface area contributed by atoms with E-state index in [9.17, 15) is 9.90 Å². The highest BCUT2D eigenvalue weighted by Crippen LogP contribution is 2.32. The van der Waals surface area contributed by atoms with Crippen molar-refractivity contribution < 1.29 is 9.90 Å². The third-order valence-corrected chi connectivity index (χ3v) is 4.79. The number of carboxylic acid groups (broad SMARTS) is 1. The molecule has 1 aromatic heterocycles. The molecule has 1 heterocycles. The number of carbonyl (C=O) groups is 1. The van der Waals surface area contributed by atoms with E-state index in [1.165, 1.54) is 4.88 Å². The fourth-order valence-corrected chi connectivity index (χ4v) is 3.44. The van der Waals surface area contributed by atoms with Crippen LogP contribution in [0.2, 0.25) is 5.02 Å². The number of carboxylic acids is 1. The fourth-order valence-electron chi connectivity index (χ4n) is 2.43. The minimum Gasteiger partial charge on any atom is -0.480 e. The van der Waals surface area contributed by atoms with E-state index in [2.05, 4.69) is 11.9 Å². The summed E-state index contributed by atoms with van der Waals surface area (Å²) in [4.78, 5) is 13.2. The van der Waals surface area contributed by atoms with Crippen molar-refractivity contribution in [2.24, 2.45) is 0 Å². The molecule has 0 aliphatic heterocycles. The van der Waals surface area contributed by atoms with Crippen LogP contribution < -0.4 is 5.32 Å². The maximum atomic E-state index is 12.0. The van der Waals surface area contributed by atoms with E-state index >= 15 is 0 Å². The van der Waals surface area contributed by atoms with Crippen LogP contribution in [-0.4, -0.2) is 17.6 Å². The molecule has 0 aliphatic rings. The zero-order chi connectivity index (χ0) is 16.0. The van der Waals surface area contributed by atoms with E-state index in [1.54, 1.807) is 41.7 Å². The number of aliphatic carboxylic acids is 1. The van der Waals surface area contributed by atoms with E-state index in [0.717, 1.165) is 6.42 Å². The predicted molar refractivity (Wildman–Crippen MR) is 98.9 cm³/mol. The number of nitrogens with one attached hydrogen (secondary N) is 1. The largest absolute Gasteiger partial charge is 0.480 e. The second-order valence-electron chi connectivity index (χ2n) is 4.94. The van der Waals surface area contributed by atoms with E-state index in [1.807, 2.05) is 17.5 Å². The van der Waals surface area contributed by atoms with Crippen molar-refractivity contribution in [1.29, 1.82) is 0 Å². The van der Waals surface area contributed by atoms with Crippen molar-refractivity contribution >= 4 is 41.3 Å². The molecule has 0 radical (unpaired) electrons. The molecule has 1 atom stereocenters. The highest BCUT2D eigenvalue weighted by molar-refractivity contribution is 7.09. The molecule has 0 bridgehead atoms. The number of rotatable bonds is 8. The summed E-state index contributed by atoms with van der Waals surface area (Å²) in [5.41, 5.74) is -0.688. The summed E-state index contributed by atoms with van der Waals surface area (Å²) in [6, 6.07) is 11.1. The van der Waals surface area contributed by atoms with Crippen molar-refractivity contribution in [3.8, 4) is 0 Å². The number of hydrogen-bond donors (Lipinski definition) is 2. The molecule has 3 nitrogen and oxygen atoms in total. The minimum absolute atomic E-state index is 0. The van der Waals surface area contributed by atoms with Crippen LogP contribution in [0.4, 0.5) is 0 Å². The van der Waals surface area contributed by atoms with Gasteiger partial charge in [0.25, 0.3) is 0 Å². The molecule has 0 saturated carbocycles. The lowest BCUT2D eigenvalue weighted by molar-refractivity contribution is -0.145. The van der Waals surface area contributed by atoms with Gasteiger partial charge in [0, 0.05) is 22.0 Å². The van der Waals surface area contributed by atoms with Gasteiger partial charge >= 0.3 is 5.97 Å². The lowest BCUT2D eigenvalue weighted by Gasteiger charge is -2.31. The average Bonchev–Trinajstić information content (AvgIpc) is 3.00. The van der Waals surface area contributed by atoms with Crippen molar-refractivity contribution in [3.63, 3.8) is 0 Å². The molecule has 0 fully saturated rings. The van der Waals surface area contributed by atoms with Crippen LogP contribution in [0.3, 0.4) is 0 Å². The van der Waals surface area contributed by atoms with Crippen molar-refractivity contribution in [1.82, 2.24) is 5.32 Å². The molecule has 23 heavy (non-hydrogen) atoms. The first-order valence-electron chi connectivity index (χ1n) is 6.97. The van der Waals surface area contributed by atoms with Crippen molar-refractivity contribution in [2.75, 3.05) is 6.54 Å². The zero-order valence-corrected chi connectivity index (χ0v) is 14.9. The minimum atomic E-state index is -1.25. The molecule has 0 aliphatic carbocycles. The normalized spacial score (nSPS) is 12.9. The summed E-state index contributed by atoms with van der Waals surface area (Å²) in [5.74, 6) is -0.952. The van der Waals surface area contributed by atoms with Gasteiger partial charge in [0.2, 0.25) is 0 Å². The Morgan fingerprint density at radius 2 is 2.09 bits per heavy atom. The van der Waals surface area contributed by atoms with Gasteiger partial charge in [-0.1, -0.05) is 41.9 Å². The Balaban J connectivity index is 0.00000264. The maximum Gasteiger partial charge on any atom is 0.328 e. The molecule has 1 unspecified atom stereocenters. The Bertz CT molecular complexity index is 646. The molecular formula is C17H19Cl2NO2S. The molecule has 1 aromatic carbocycles. The lowest BCUT2D eigenvalue weighted by atomic mass is 9.86. The molecule has 2 N–H and O–H groups in total. The van der Waals surface area contributed by atoms with Crippen LogP contribution in [0, 0.1) is 0 Å². The summed E-state index contributed by atoms with van der Waals surface area (Å²) >= 11 is 7.89. The Hall–Kier alpha value is -1.33. The Morgan fingerprint density at radius 1 is 1.35 bits per heavy atom. The predicted octanol–water partition coefficient (Wildman–Crippen LogP) is 4.51. The SMILES string of the molecule is C=CCC(NCCc1cccs1)(C(=O)O)c1ccccc1Cl.Cl. The van der Waals surface area contributed by atoms with Gasteiger partial charge in [0.1, 0.15) is 5.54 Å². The number of benzene rings is 1. The van der Waals surface area contributed by atoms with E-state index in [-0.39, 0.29) is 18.8 Å². The zero-order valence-electron chi connectivity index (χ0n) is 12.5. The van der Waals surface area contributed by atoms with E-state index in [4.69, 9.17) is 11.6 Å². The number of halogens is 2. The maximum absolute atomic E-state index is 12.0. The quantitative estimate of drug-likeness (QED) is 0.671. The smallest absolute Gasteiger partial charge is 0.328 e. The molecule has 124 valence electrons. The van der Waals surface area contributed by atoms with E-state index in [0.29, 0.717) is 17.1 Å². The Labute approximate surface area is 151 Å². The molecule has 2 aromatic rings. The highest BCUT2D eigenvalue weighted by atomic mass is 35.5. The Morgan fingerprint density at radius 3 is 2.65 bits per heavy atom. The second kappa shape index (κ2) is 9.08. The van der Waals surface area contributed by atoms with E-state index < -0.39 is 11.5 Å². The van der Waals surface area contributed by atoms with Crippen LogP contribution in [0.5, 0.6) is 0 Å². The third-order valence-electron chi connectivity index (χ3n) is 3.53. The van der Waals surface area contributed by atoms with Gasteiger partial charge in [-0.15, -0.1) is 30.3 Å². The topological polar surface area (TPSA) is 49.3 Å². The lowest BCUT2D eigenvalue weighted by Crippen LogP contribution is -2.49. The van der Waals surface area contributed by atoms with Crippen LogP contribution in [0.15, 0.2) is 54.4 Å². The van der Waals surface area contributed by atoms with Gasteiger partial charge in [0.15, 0.2) is 0 Å². The van der Waals surface area contributed by atoms with Crippen molar-refractivity contribution in [3.05, 3.63) is 69.9 Å². The first-order valence-corrected chi connectivity index (χ1v) is 8.22. The molecule has 6 heteroatoms. The number of thiophene rings is 1. The van der Waals surface area contributed by atoms with Crippen LogP contribution in [-0.2, 0) is 16.8 Å². The molecule has 0 spiro atoms. The molecule has 2 rings (SSSR count). The van der Waals surface area contributed by atoms with Crippen molar-refractivity contribution in [2.45, 2.75) is 18.4 Å². The third kappa shape index (κ3) is 4.58. The standard InChI is InChI=1S/C17H18ClNO2S.ClH/c1-2-10-17(16(20)21,14-7-3-4-8-15(14)18)19-11-9-13-6-5-12-22-13;/h2-8,12,19H,1,9-11H2,(H,20,21);1H. The summed E-state index contributed by atoms with van der Waals surface area (Å²) in [6.07, 6.45) is 2.64. The van der Waals surface area contributed by atoms with Gasteiger partial charge in [-0.05, 0) is 30.4 Å². The highest BCUT2D eigenvalue weighted by Gasteiger charge is 2.40. The molecular weight excluding hydrogens is 353 g/mol. The first kappa shape index (κ1) is 19.7. The van der Waals surface area contributed by atoms with Gasteiger partial charge in [-0.25, -0.2) is 4.79 Å². The summed E-state index contributed by atoms with van der Waals surface area (Å²) < 4.78 is 0. The first-order chi connectivity index (χ1) is 10.6. The Kier molecular flexibility index (Phi) is 7.79. The molecule has 0 amide bonds. The van der Waals surface area contributed by atoms with Gasteiger partial charge in [-0.2, -0.15) is 0 Å². The second-order valence-corrected chi connectivity index (χ2v) is 6.38. The average molecular weight is 372 g/mol. The van der Waals surface area contributed by atoms with Gasteiger partial charge in [0.05, 0.1) is 0 Å². The van der Waals surface area contributed by atoms with Gasteiger partial charge in [-0.3, -0.25) is 5.32 Å².